The summed E-state index contributed by atoms with van der Waals surface area (Å²) in [5, 5.41) is 6.64. The number of halogens is 1. The second-order valence-corrected chi connectivity index (χ2v) is 9.14. The SMILES string of the molecule is CCc1ccc(C(=O)NC(=S)Nc2ccc(N3CCN(C(=O)c4ccc(Cl)cc4)CC3)cc2)cc1. The van der Waals surface area contributed by atoms with Gasteiger partial charge in [0.2, 0.25) is 0 Å². The van der Waals surface area contributed by atoms with E-state index < -0.39 is 0 Å². The first-order chi connectivity index (χ1) is 16.9. The van der Waals surface area contributed by atoms with Crippen LogP contribution in [0.25, 0.3) is 0 Å². The number of rotatable bonds is 5. The van der Waals surface area contributed by atoms with Gasteiger partial charge >= 0.3 is 0 Å². The van der Waals surface area contributed by atoms with E-state index in [0.29, 0.717) is 29.2 Å². The maximum Gasteiger partial charge on any atom is 0.257 e. The number of nitrogens with one attached hydrogen (secondary N) is 2. The number of piperazine rings is 1. The zero-order valence-corrected chi connectivity index (χ0v) is 21.0. The third kappa shape index (κ3) is 6.38. The lowest BCUT2D eigenvalue weighted by Gasteiger charge is -2.36. The number of aryl methyl sites for hydroxylation is 1. The predicted molar refractivity (Wildman–Crippen MR) is 146 cm³/mol. The molecule has 1 aliphatic rings. The molecule has 0 saturated carbocycles. The van der Waals surface area contributed by atoms with Gasteiger partial charge in [0.25, 0.3) is 11.8 Å². The molecule has 35 heavy (non-hydrogen) atoms. The highest BCUT2D eigenvalue weighted by Crippen LogP contribution is 2.21. The fourth-order valence-corrected chi connectivity index (χ4v) is 4.26. The Hall–Kier alpha value is -3.42. The Morgan fingerprint density at radius 1 is 0.857 bits per heavy atom. The molecule has 180 valence electrons. The average Bonchev–Trinajstić information content (AvgIpc) is 2.89. The first-order valence-electron chi connectivity index (χ1n) is 11.5. The smallest absolute Gasteiger partial charge is 0.257 e. The van der Waals surface area contributed by atoms with E-state index in [9.17, 15) is 9.59 Å². The Kier molecular flexibility index (Phi) is 8.00. The van der Waals surface area contributed by atoms with Crippen molar-refractivity contribution >= 4 is 52.1 Å². The van der Waals surface area contributed by atoms with Gasteiger partial charge in [-0.15, -0.1) is 0 Å². The molecule has 0 atom stereocenters. The molecule has 0 spiro atoms. The third-order valence-electron chi connectivity index (χ3n) is 6.00. The van der Waals surface area contributed by atoms with Gasteiger partial charge in [-0.05, 0) is 84.9 Å². The molecule has 1 saturated heterocycles. The molecule has 0 aliphatic carbocycles. The molecule has 0 bridgehead atoms. The summed E-state index contributed by atoms with van der Waals surface area (Å²) >= 11 is 11.2. The summed E-state index contributed by atoms with van der Waals surface area (Å²) < 4.78 is 0. The minimum absolute atomic E-state index is 0.0257. The largest absolute Gasteiger partial charge is 0.368 e. The maximum atomic E-state index is 12.7. The van der Waals surface area contributed by atoms with Crippen LogP contribution >= 0.6 is 23.8 Å². The Morgan fingerprint density at radius 2 is 1.46 bits per heavy atom. The van der Waals surface area contributed by atoms with E-state index >= 15 is 0 Å². The summed E-state index contributed by atoms with van der Waals surface area (Å²) in [7, 11) is 0. The van der Waals surface area contributed by atoms with Crippen molar-refractivity contribution in [2.24, 2.45) is 0 Å². The van der Waals surface area contributed by atoms with Crippen LogP contribution in [0.15, 0.2) is 72.8 Å². The average molecular weight is 507 g/mol. The minimum Gasteiger partial charge on any atom is -0.368 e. The summed E-state index contributed by atoms with van der Waals surface area (Å²) in [5.74, 6) is -0.217. The summed E-state index contributed by atoms with van der Waals surface area (Å²) in [6.07, 6.45) is 0.926. The van der Waals surface area contributed by atoms with Crippen molar-refractivity contribution in [2.75, 3.05) is 36.4 Å². The number of carbonyl (C=O) groups is 2. The van der Waals surface area contributed by atoms with E-state index in [1.807, 2.05) is 41.3 Å². The molecule has 1 aliphatic heterocycles. The zero-order valence-electron chi connectivity index (χ0n) is 19.5. The van der Waals surface area contributed by atoms with Crippen LogP contribution in [0.2, 0.25) is 5.02 Å². The Labute approximate surface area is 215 Å². The van der Waals surface area contributed by atoms with E-state index in [4.69, 9.17) is 23.8 Å². The Balaban J connectivity index is 1.27. The molecule has 3 aromatic rings. The van der Waals surface area contributed by atoms with Gasteiger partial charge in [-0.25, -0.2) is 0 Å². The van der Waals surface area contributed by atoms with Gasteiger partial charge in [0.15, 0.2) is 5.11 Å². The molecular weight excluding hydrogens is 480 g/mol. The molecule has 3 aromatic carbocycles. The van der Waals surface area contributed by atoms with Crippen LogP contribution in [0.3, 0.4) is 0 Å². The lowest BCUT2D eigenvalue weighted by atomic mass is 10.1. The predicted octanol–water partition coefficient (Wildman–Crippen LogP) is 4.99. The van der Waals surface area contributed by atoms with Crippen LogP contribution in [0.4, 0.5) is 11.4 Å². The second-order valence-electron chi connectivity index (χ2n) is 8.29. The molecular formula is C27H27ClN4O2S. The van der Waals surface area contributed by atoms with Gasteiger partial charge in [-0.1, -0.05) is 30.7 Å². The van der Waals surface area contributed by atoms with Crippen molar-refractivity contribution in [3.8, 4) is 0 Å². The number of benzene rings is 3. The Morgan fingerprint density at radius 3 is 2.06 bits per heavy atom. The van der Waals surface area contributed by atoms with Crippen molar-refractivity contribution in [1.29, 1.82) is 0 Å². The van der Waals surface area contributed by atoms with Gasteiger partial charge in [0, 0.05) is 53.7 Å². The van der Waals surface area contributed by atoms with Crippen LogP contribution in [0, 0.1) is 0 Å². The van der Waals surface area contributed by atoms with Crippen LogP contribution in [0.5, 0.6) is 0 Å². The maximum absolute atomic E-state index is 12.7. The molecule has 8 heteroatoms. The molecule has 0 aromatic heterocycles. The highest BCUT2D eigenvalue weighted by atomic mass is 35.5. The zero-order chi connectivity index (χ0) is 24.8. The summed E-state index contributed by atoms with van der Waals surface area (Å²) in [4.78, 5) is 29.2. The number of carbonyl (C=O) groups excluding carboxylic acids is 2. The monoisotopic (exact) mass is 506 g/mol. The first kappa shape index (κ1) is 24.7. The van der Waals surface area contributed by atoms with Crippen LogP contribution in [-0.2, 0) is 6.42 Å². The first-order valence-corrected chi connectivity index (χ1v) is 12.3. The van der Waals surface area contributed by atoms with Crippen molar-refractivity contribution in [3.63, 3.8) is 0 Å². The second kappa shape index (κ2) is 11.3. The highest BCUT2D eigenvalue weighted by molar-refractivity contribution is 7.80. The lowest BCUT2D eigenvalue weighted by Crippen LogP contribution is -2.48. The van der Waals surface area contributed by atoms with E-state index in [1.165, 1.54) is 5.56 Å². The van der Waals surface area contributed by atoms with E-state index in [0.717, 1.165) is 30.9 Å². The number of thiocarbonyl (C=S) groups is 1. The fourth-order valence-electron chi connectivity index (χ4n) is 3.93. The van der Waals surface area contributed by atoms with Gasteiger partial charge in [-0.2, -0.15) is 0 Å². The topological polar surface area (TPSA) is 64.7 Å². The number of hydrogen-bond donors (Lipinski definition) is 2. The van der Waals surface area contributed by atoms with Gasteiger partial charge in [0.05, 0.1) is 0 Å². The summed E-state index contributed by atoms with van der Waals surface area (Å²) in [6, 6.07) is 22.3. The van der Waals surface area contributed by atoms with Gasteiger partial charge in [-0.3, -0.25) is 14.9 Å². The number of hydrogen-bond acceptors (Lipinski definition) is 4. The van der Waals surface area contributed by atoms with E-state index in [-0.39, 0.29) is 16.9 Å². The molecule has 6 nitrogen and oxygen atoms in total. The van der Waals surface area contributed by atoms with E-state index in [1.54, 1.807) is 36.4 Å². The normalized spacial score (nSPS) is 13.3. The van der Waals surface area contributed by atoms with Crippen LogP contribution in [0.1, 0.15) is 33.2 Å². The minimum atomic E-state index is -0.243. The molecule has 0 radical (unpaired) electrons. The van der Waals surface area contributed by atoms with Gasteiger partial charge in [0.1, 0.15) is 0 Å². The highest BCUT2D eigenvalue weighted by Gasteiger charge is 2.22. The molecule has 0 unspecified atom stereocenters. The van der Waals surface area contributed by atoms with Crippen LogP contribution in [-0.4, -0.2) is 48.0 Å². The molecule has 2 amide bonds. The molecule has 2 N–H and O–H groups in total. The Bertz CT molecular complexity index is 1190. The number of amides is 2. The lowest BCUT2D eigenvalue weighted by molar-refractivity contribution is 0.0746. The summed E-state index contributed by atoms with van der Waals surface area (Å²) in [6.45, 7) is 4.87. The molecule has 1 fully saturated rings. The summed E-state index contributed by atoms with van der Waals surface area (Å²) in [5.41, 5.74) is 4.25. The standard InChI is InChI=1S/C27H27ClN4O2S/c1-2-19-3-5-20(6-4-19)25(33)30-27(35)29-23-11-13-24(14-12-23)31-15-17-32(18-16-31)26(34)21-7-9-22(28)10-8-21/h3-14H,2,15-18H2,1H3,(H2,29,30,33,35). The van der Waals surface area contributed by atoms with Crippen molar-refractivity contribution in [2.45, 2.75) is 13.3 Å². The number of nitrogens with zero attached hydrogens (tertiary/aromatic N) is 2. The van der Waals surface area contributed by atoms with Crippen LogP contribution < -0.4 is 15.5 Å². The van der Waals surface area contributed by atoms with Crippen molar-refractivity contribution in [3.05, 3.63) is 94.5 Å². The fraction of sp³-hybridized carbons (Fsp3) is 0.222. The quantitative estimate of drug-likeness (QED) is 0.477. The van der Waals surface area contributed by atoms with Crippen molar-refractivity contribution < 1.29 is 9.59 Å². The number of anilines is 2. The van der Waals surface area contributed by atoms with Gasteiger partial charge < -0.3 is 15.1 Å². The molecule has 1 heterocycles. The third-order valence-corrected chi connectivity index (χ3v) is 6.46. The molecule has 4 rings (SSSR count). The van der Waals surface area contributed by atoms with Crippen molar-refractivity contribution in [1.82, 2.24) is 10.2 Å². The van der Waals surface area contributed by atoms with E-state index in [2.05, 4.69) is 22.5 Å².